The summed E-state index contributed by atoms with van der Waals surface area (Å²) in [5, 5.41) is 0. The molecular weight excluding hydrogens is 224 g/mol. The van der Waals surface area contributed by atoms with Crippen molar-refractivity contribution in [3.8, 4) is 0 Å². The van der Waals surface area contributed by atoms with Gasteiger partial charge in [-0.1, -0.05) is 13.0 Å². The molecule has 0 radical (unpaired) electrons. The van der Waals surface area contributed by atoms with Crippen LogP contribution in [0.4, 0.5) is 0 Å². The first kappa shape index (κ1) is 12.1. The first-order chi connectivity index (χ1) is 8.78. The molecule has 1 saturated heterocycles. The largest absolute Gasteiger partial charge is 0.376 e. The molecule has 1 aromatic rings. The maximum atomic E-state index is 5.86. The predicted octanol–water partition coefficient (Wildman–Crippen LogP) is 2.35. The van der Waals surface area contributed by atoms with Crippen LogP contribution in [0, 0.1) is 12.8 Å². The minimum absolute atomic E-state index is 0.602. The number of ether oxygens (including phenoxy) is 1. The van der Waals surface area contributed by atoms with Gasteiger partial charge < -0.3 is 9.64 Å². The van der Waals surface area contributed by atoms with Crippen molar-refractivity contribution in [2.24, 2.45) is 5.92 Å². The van der Waals surface area contributed by atoms with Crippen LogP contribution in [0.2, 0.25) is 0 Å². The summed E-state index contributed by atoms with van der Waals surface area (Å²) < 4.78 is 5.86. The van der Waals surface area contributed by atoms with E-state index in [4.69, 9.17) is 9.72 Å². The van der Waals surface area contributed by atoms with Crippen molar-refractivity contribution in [1.29, 1.82) is 0 Å². The van der Waals surface area contributed by atoms with E-state index in [1.165, 1.54) is 24.2 Å². The summed E-state index contributed by atoms with van der Waals surface area (Å²) in [7, 11) is 0. The van der Waals surface area contributed by atoms with Gasteiger partial charge in [0.15, 0.2) is 0 Å². The Hall–Kier alpha value is -0.930. The summed E-state index contributed by atoms with van der Waals surface area (Å²) in [5.41, 5.74) is 3.75. The van der Waals surface area contributed by atoms with E-state index in [0.29, 0.717) is 11.8 Å². The first-order valence-electron chi connectivity index (χ1n) is 7.04. The SMILES string of the molecule is CCN1CCC2c3nc(C)ccc3COCC2C1. The predicted molar refractivity (Wildman–Crippen MR) is 71.6 cm³/mol. The zero-order valence-electron chi connectivity index (χ0n) is 11.4. The molecule has 0 saturated carbocycles. The third-order valence-electron chi connectivity index (χ3n) is 4.36. The topological polar surface area (TPSA) is 25.4 Å². The highest BCUT2D eigenvalue weighted by Crippen LogP contribution is 2.36. The van der Waals surface area contributed by atoms with Gasteiger partial charge in [0, 0.05) is 29.8 Å². The average Bonchev–Trinajstić information content (AvgIpc) is 2.57. The Labute approximate surface area is 109 Å². The fraction of sp³-hybridized carbons (Fsp3) is 0.667. The summed E-state index contributed by atoms with van der Waals surface area (Å²) in [6, 6.07) is 4.30. The van der Waals surface area contributed by atoms with E-state index < -0.39 is 0 Å². The van der Waals surface area contributed by atoms with Crippen LogP contribution in [0.1, 0.15) is 36.2 Å². The molecule has 0 spiro atoms. The monoisotopic (exact) mass is 246 g/mol. The fourth-order valence-corrected chi connectivity index (χ4v) is 3.29. The van der Waals surface area contributed by atoms with Gasteiger partial charge in [0.05, 0.1) is 13.2 Å². The second-order valence-electron chi connectivity index (χ2n) is 5.56. The van der Waals surface area contributed by atoms with E-state index in [1.807, 2.05) is 0 Å². The summed E-state index contributed by atoms with van der Waals surface area (Å²) in [4.78, 5) is 7.34. The molecule has 1 aromatic heterocycles. The average molecular weight is 246 g/mol. The van der Waals surface area contributed by atoms with Crippen LogP contribution in [0.3, 0.4) is 0 Å². The number of hydrogen-bond donors (Lipinski definition) is 0. The number of hydrogen-bond acceptors (Lipinski definition) is 3. The normalized spacial score (nSPS) is 28.3. The number of nitrogens with zero attached hydrogens (tertiary/aromatic N) is 2. The zero-order valence-corrected chi connectivity index (χ0v) is 11.4. The molecule has 2 aliphatic heterocycles. The molecule has 2 atom stereocenters. The number of pyridine rings is 1. The van der Waals surface area contributed by atoms with E-state index in [-0.39, 0.29) is 0 Å². The lowest BCUT2D eigenvalue weighted by atomic mass is 9.82. The van der Waals surface area contributed by atoms with Gasteiger partial charge >= 0.3 is 0 Å². The molecule has 0 N–H and O–H groups in total. The molecule has 3 nitrogen and oxygen atoms in total. The molecule has 0 amide bonds. The highest BCUT2D eigenvalue weighted by Gasteiger charge is 2.34. The van der Waals surface area contributed by atoms with Crippen LogP contribution >= 0.6 is 0 Å². The van der Waals surface area contributed by atoms with Crippen LogP contribution < -0.4 is 0 Å². The van der Waals surface area contributed by atoms with Crippen LogP contribution in [0.25, 0.3) is 0 Å². The van der Waals surface area contributed by atoms with E-state index >= 15 is 0 Å². The Balaban J connectivity index is 1.92. The van der Waals surface area contributed by atoms with Crippen molar-refractivity contribution in [2.75, 3.05) is 26.2 Å². The standard InChI is InChI=1S/C15H22N2O/c1-3-17-7-6-14-13(8-17)10-18-9-12-5-4-11(2)16-15(12)14/h4-5,13-14H,3,6-10H2,1-2H3. The van der Waals surface area contributed by atoms with Gasteiger partial charge in [0.2, 0.25) is 0 Å². The van der Waals surface area contributed by atoms with Gasteiger partial charge in [-0.3, -0.25) is 4.98 Å². The fourth-order valence-electron chi connectivity index (χ4n) is 3.29. The molecule has 18 heavy (non-hydrogen) atoms. The summed E-state index contributed by atoms with van der Waals surface area (Å²) in [6.45, 7) is 9.47. The van der Waals surface area contributed by atoms with Crippen molar-refractivity contribution in [2.45, 2.75) is 32.8 Å². The summed E-state index contributed by atoms with van der Waals surface area (Å²) in [6.07, 6.45) is 1.23. The second-order valence-corrected chi connectivity index (χ2v) is 5.56. The maximum Gasteiger partial charge on any atom is 0.0734 e. The lowest BCUT2D eigenvalue weighted by Crippen LogP contribution is -2.40. The maximum absolute atomic E-state index is 5.86. The van der Waals surface area contributed by atoms with E-state index in [1.54, 1.807) is 0 Å². The highest BCUT2D eigenvalue weighted by atomic mass is 16.5. The van der Waals surface area contributed by atoms with Crippen molar-refractivity contribution < 1.29 is 4.74 Å². The molecule has 0 bridgehead atoms. The Morgan fingerprint density at radius 2 is 2.33 bits per heavy atom. The van der Waals surface area contributed by atoms with E-state index in [2.05, 4.69) is 30.9 Å². The molecule has 3 heteroatoms. The number of fused-ring (bicyclic) bond motifs is 3. The third kappa shape index (κ3) is 2.17. The molecule has 3 heterocycles. The number of aryl methyl sites for hydroxylation is 1. The molecule has 0 aliphatic carbocycles. The lowest BCUT2D eigenvalue weighted by molar-refractivity contribution is 0.0527. The van der Waals surface area contributed by atoms with Crippen molar-refractivity contribution >= 4 is 0 Å². The minimum Gasteiger partial charge on any atom is -0.376 e. The Morgan fingerprint density at radius 3 is 3.17 bits per heavy atom. The number of aromatic nitrogens is 1. The molecule has 0 aromatic carbocycles. The van der Waals surface area contributed by atoms with Gasteiger partial charge in [0.1, 0.15) is 0 Å². The molecule has 3 rings (SSSR count). The number of likely N-dealkylation sites (tertiary alicyclic amines) is 1. The van der Waals surface area contributed by atoms with Gasteiger partial charge in [-0.25, -0.2) is 0 Å². The van der Waals surface area contributed by atoms with Gasteiger partial charge in [-0.05, 0) is 38.1 Å². The number of piperidine rings is 1. The highest BCUT2D eigenvalue weighted by molar-refractivity contribution is 5.27. The molecule has 98 valence electrons. The van der Waals surface area contributed by atoms with Crippen LogP contribution in [-0.2, 0) is 11.3 Å². The van der Waals surface area contributed by atoms with Gasteiger partial charge in [-0.15, -0.1) is 0 Å². The quantitative estimate of drug-likeness (QED) is 0.760. The Bertz CT molecular complexity index is 433. The van der Waals surface area contributed by atoms with Gasteiger partial charge in [0.25, 0.3) is 0 Å². The van der Waals surface area contributed by atoms with Crippen LogP contribution in [0.15, 0.2) is 12.1 Å². The second kappa shape index (κ2) is 4.98. The van der Waals surface area contributed by atoms with Crippen LogP contribution in [0.5, 0.6) is 0 Å². The van der Waals surface area contributed by atoms with Crippen molar-refractivity contribution in [3.63, 3.8) is 0 Å². The van der Waals surface area contributed by atoms with Gasteiger partial charge in [-0.2, -0.15) is 0 Å². The number of rotatable bonds is 1. The van der Waals surface area contributed by atoms with E-state index in [0.717, 1.165) is 32.0 Å². The van der Waals surface area contributed by atoms with Crippen LogP contribution in [-0.4, -0.2) is 36.1 Å². The molecule has 1 fully saturated rings. The summed E-state index contributed by atoms with van der Waals surface area (Å²) in [5.74, 6) is 1.22. The minimum atomic E-state index is 0.602. The first-order valence-corrected chi connectivity index (χ1v) is 7.04. The Morgan fingerprint density at radius 1 is 1.44 bits per heavy atom. The molecular formula is C15H22N2O. The molecule has 2 aliphatic rings. The van der Waals surface area contributed by atoms with E-state index in [9.17, 15) is 0 Å². The zero-order chi connectivity index (χ0) is 12.5. The smallest absolute Gasteiger partial charge is 0.0734 e. The lowest BCUT2D eigenvalue weighted by Gasteiger charge is -2.37. The third-order valence-corrected chi connectivity index (χ3v) is 4.36. The summed E-state index contributed by atoms with van der Waals surface area (Å²) >= 11 is 0. The Kier molecular flexibility index (Phi) is 3.35. The molecule has 2 unspecified atom stereocenters. The van der Waals surface area contributed by atoms with Crippen molar-refractivity contribution in [3.05, 3.63) is 29.1 Å². The van der Waals surface area contributed by atoms with Crippen molar-refractivity contribution in [1.82, 2.24) is 9.88 Å².